The van der Waals surface area contributed by atoms with Gasteiger partial charge in [-0.15, -0.1) is 0 Å². The first-order chi connectivity index (χ1) is 9.51. The van der Waals surface area contributed by atoms with Gasteiger partial charge in [-0.1, -0.05) is 37.6 Å². The van der Waals surface area contributed by atoms with E-state index < -0.39 is 0 Å². The van der Waals surface area contributed by atoms with Gasteiger partial charge in [0.05, 0.1) is 6.10 Å². The molecule has 0 fully saturated rings. The Labute approximate surface area is 126 Å². The third-order valence-electron chi connectivity index (χ3n) is 3.30. The monoisotopic (exact) mass is 297 g/mol. The van der Waals surface area contributed by atoms with Gasteiger partial charge in [-0.05, 0) is 42.9 Å². The van der Waals surface area contributed by atoms with E-state index in [1.54, 1.807) is 0 Å². The van der Waals surface area contributed by atoms with Crippen molar-refractivity contribution < 1.29 is 9.90 Å². The Balaban J connectivity index is 2.25. The van der Waals surface area contributed by atoms with E-state index in [1.165, 1.54) is 5.56 Å². The Bertz CT molecular complexity index is 405. The molecule has 0 aliphatic carbocycles. The first kappa shape index (κ1) is 17.0. The third kappa shape index (κ3) is 6.92. The summed E-state index contributed by atoms with van der Waals surface area (Å²) in [4.78, 5) is 11.8. The summed E-state index contributed by atoms with van der Waals surface area (Å²) in [6.45, 7) is 4.54. The van der Waals surface area contributed by atoms with Crippen molar-refractivity contribution in [2.45, 2.75) is 45.6 Å². The minimum Gasteiger partial charge on any atom is -0.393 e. The Hall–Kier alpha value is -1.06. The van der Waals surface area contributed by atoms with Crippen molar-refractivity contribution in [1.82, 2.24) is 5.32 Å². The van der Waals surface area contributed by atoms with Crippen molar-refractivity contribution in [2.24, 2.45) is 5.92 Å². The van der Waals surface area contributed by atoms with Gasteiger partial charge in [0, 0.05) is 18.0 Å². The predicted octanol–water partition coefficient (Wildman–Crippen LogP) is 3.19. The molecule has 20 heavy (non-hydrogen) atoms. The Morgan fingerprint density at radius 3 is 2.60 bits per heavy atom. The zero-order valence-electron chi connectivity index (χ0n) is 12.2. The van der Waals surface area contributed by atoms with Crippen LogP contribution in [0.2, 0.25) is 5.02 Å². The molecule has 1 rings (SSSR count). The highest BCUT2D eigenvalue weighted by molar-refractivity contribution is 6.30. The van der Waals surface area contributed by atoms with E-state index >= 15 is 0 Å². The standard InChI is InChI=1S/C16H24ClNO2/c1-3-15(19)8-9-18-16(20)11-12(2)10-13-4-6-14(17)7-5-13/h4-7,12,15,19H,3,8-11H2,1-2H3,(H,18,20). The van der Waals surface area contributed by atoms with E-state index in [-0.39, 0.29) is 17.9 Å². The minimum atomic E-state index is -0.318. The molecule has 2 unspecified atom stereocenters. The quantitative estimate of drug-likeness (QED) is 0.774. The summed E-state index contributed by atoms with van der Waals surface area (Å²) in [5.41, 5.74) is 1.19. The van der Waals surface area contributed by atoms with Crippen LogP contribution in [0.25, 0.3) is 0 Å². The molecule has 2 N–H and O–H groups in total. The van der Waals surface area contributed by atoms with Crippen LogP contribution in [0.3, 0.4) is 0 Å². The number of carbonyl (C=O) groups excluding carboxylic acids is 1. The number of halogens is 1. The van der Waals surface area contributed by atoms with Gasteiger partial charge in [-0.3, -0.25) is 4.79 Å². The minimum absolute atomic E-state index is 0.0507. The van der Waals surface area contributed by atoms with Crippen molar-refractivity contribution in [3.63, 3.8) is 0 Å². The van der Waals surface area contributed by atoms with Crippen LogP contribution in [0, 0.1) is 5.92 Å². The third-order valence-corrected chi connectivity index (χ3v) is 3.55. The van der Waals surface area contributed by atoms with Crippen LogP contribution in [0.4, 0.5) is 0 Å². The van der Waals surface area contributed by atoms with Gasteiger partial charge in [0.2, 0.25) is 5.91 Å². The first-order valence-corrected chi connectivity index (χ1v) is 7.58. The number of hydrogen-bond donors (Lipinski definition) is 2. The van der Waals surface area contributed by atoms with Crippen molar-refractivity contribution >= 4 is 17.5 Å². The first-order valence-electron chi connectivity index (χ1n) is 7.20. The lowest BCUT2D eigenvalue weighted by atomic mass is 9.98. The maximum absolute atomic E-state index is 11.8. The highest BCUT2D eigenvalue weighted by atomic mass is 35.5. The van der Waals surface area contributed by atoms with Crippen LogP contribution in [0.5, 0.6) is 0 Å². The largest absolute Gasteiger partial charge is 0.393 e. The summed E-state index contributed by atoms with van der Waals surface area (Å²) >= 11 is 5.84. The van der Waals surface area contributed by atoms with Gasteiger partial charge in [0.25, 0.3) is 0 Å². The van der Waals surface area contributed by atoms with Gasteiger partial charge in [0.1, 0.15) is 0 Å². The van der Waals surface area contributed by atoms with Crippen LogP contribution in [-0.2, 0) is 11.2 Å². The summed E-state index contributed by atoms with van der Waals surface area (Å²) in [6.07, 6.45) is 2.39. The number of benzene rings is 1. The van der Waals surface area contributed by atoms with Crippen LogP contribution in [-0.4, -0.2) is 23.7 Å². The van der Waals surface area contributed by atoms with Crippen LogP contribution < -0.4 is 5.32 Å². The second kappa shape index (κ2) is 8.98. The normalized spacial score (nSPS) is 13.8. The van der Waals surface area contributed by atoms with Crippen molar-refractivity contribution in [3.8, 4) is 0 Å². The summed E-state index contributed by atoms with van der Waals surface area (Å²) in [5.74, 6) is 0.335. The SMILES string of the molecule is CCC(O)CCNC(=O)CC(C)Cc1ccc(Cl)cc1. The number of aliphatic hydroxyl groups excluding tert-OH is 1. The molecule has 0 aliphatic heterocycles. The zero-order valence-corrected chi connectivity index (χ0v) is 13.0. The van der Waals surface area contributed by atoms with E-state index in [9.17, 15) is 9.90 Å². The van der Waals surface area contributed by atoms with Crippen molar-refractivity contribution in [1.29, 1.82) is 0 Å². The lowest BCUT2D eigenvalue weighted by molar-refractivity contribution is -0.121. The molecule has 1 amide bonds. The molecule has 4 heteroatoms. The fourth-order valence-corrected chi connectivity index (χ4v) is 2.19. The van der Waals surface area contributed by atoms with E-state index in [0.29, 0.717) is 19.4 Å². The summed E-state index contributed by atoms with van der Waals surface area (Å²) < 4.78 is 0. The van der Waals surface area contributed by atoms with Gasteiger partial charge < -0.3 is 10.4 Å². The van der Waals surface area contributed by atoms with Crippen LogP contribution >= 0.6 is 11.6 Å². The molecule has 0 spiro atoms. The lowest BCUT2D eigenvalue weighted by Crippen LogP contribution is -2.28. The molecule has 112 valence electrons. The van der Waals surface area contributed by atoms with E-state index in [0.717, 1.165) is 17.9 Å². The molecule has 0 aromatic heterocycles. The highest BCUT2D eigenvalue weighted by Crippen LogP contribution is 2.15. The number of amides is 1. The Morgan fingerprint density at radius 2 is 2.00 bits per heavy atom. The van der Waals surface area contributed by atoms with Gasteiger partial charge in [-0.25, -0.2) is 0 Å². The van der Waals surface area contributed by atoms with E-state index in [1.807, 2.05) is 31.2 Å². The molecule has 2 atom stereocenters. The molecule has 0 heterocycles. The lowest BCUT2D eigenvalue weighted by Gasteiger charge is -2.13. The zero-order chi connectivity index (χ0) is 15.0. The second-order valence-electron chi connectivity index (χ2n) is 5.34. The molecule has 0 saturated carbocycles. The average molecular weight is 298 g/mol. The molecule has 0 bridgehead atoms. The maximum atomic E-state index is 11.8. The highest BCUT2D eigenvalue weighted by Gasteiger charge is 2.10. The number of nitrogens with one attached hydrogen (secondary N) is 1. The number of carbonyl (C=O) groups is 1. The Kier molecular flexibility index (Phi) is 7.63. The van der Waals surface area contributed by atoms with Crippen molar-refractivity contribution in [3.05, 3.63) is 34.9 Å². The Morgan fingerprint density at radius 1 is 1.35 bits per heavy atom. The summed E-state index contributed by atoms with van der Waals surface area (Å²) in [6, 6.07) is 7.73. The fraction of sp³-hybridized carbons (Fsp3) is 0.562. The maximum Gasteiger partial charge on any atom is 0.220 e. The fourth-order valence-electron chi connectivity index (χ4n) is 2.07. The topological polar surface area (TPSA) is 49.3 Å². The molecule has 1 aromatic rings. The predicted molar refractivity (Wildman–Crippen MR) is 82.9 cm³/mol. The number of aliphatic hydroxyl groups is 1. The number of hydrogen-bond acceptors (Lipinski definition) is 2. The molecule has 0 radical (unpaired) electrons. The van der Waals surface area contributed by atoms with Gasteiger partial charge in [0.15, 0.2) is 0 Å². The van der Waals surface area contributed by atoms with Crippen molar-refractivity contribution in [2.75, 3.05) is 6.54 Å². The molecular formula is C16H24ClNO2. The number of rotatable bonds is 8. The van der Waals surface area contributed by atoms with Gasteiger partial charge >= 0.3 is 0 Å². The molecule has 1 aromatic carbocycles. The molecule has 0 aliphatic rings. The van der Waals surface area contributed by atoms with E-state index in [4.69, 9.17) is 11.6 Å². The van der Waals surface area contributed by atoms with Crippen LogP contribution in [0.1, 0.15) is 38.7 Å². The van der Waals surface area contributed by atoms with Gasteiger partial charge in [-0.2, -0.15) is 0 Å². The smallest absolute Gasteiger partial charge is 0.220 e. The second-order valence-corrected chi connectivity index (χ2v) is 5.78. The molecule has 0 saturated heterocycles. The molecule has 3 nitrogen and oxygen atoms in total. The van der Waals surface area contributed by atoms with Crippen LogP contribution in [0.15, 0.2) is 24.3 Å². The average Bonchev–Trinajstić information content (AvgIpc) is 2.41. The summed E-state index contributed by atoms with van der Waals surface area (Å²) in [5, 5.41) is 13.0. The summed E-state index contributed by atoms with van der Waals surface area (Å²) in [7, 11) is 0. The molecular weight excluding hydrogens is 274 g/mol. The van der Waals surface area contributed by atoms with E-state index in [2.05, 4.69) is 12.2 Å².